The molecule has 0 fully saturated rings. The van der Waals surface area contributed by atoms with Crippen molar-refractivity contribution in [1.82, 2.24) is 5.16 Å². The standard InChI is InChI=1S/C13H16N2O3/c1-16-7-6-11-12(13(14)15-18-11)9-4-3-5-10(8-9)17-2/h3-5,8H,6-7H2,1-2H3,(H2,14,15). The van der Waals surface area contributed by atoms with Crippen LogP contribution in [0.25, 0.3) is 11.1 Å². The zero-order valence-electron chi connectivity index (χ0n) is 10.5. The van der Waals surface area contributed by atoms with E-state index in [0.717, 1.165) is 22.6 Å². The average Bonchev–Trinajstić information content (AvgIpc) is 2.77. The van der Waals surface area contributed by atoms with Crippen molar-refractivity contribution in [2.45, 2.75) is 6.42 Å². The van der Waals surface area contributed by atoms with Crippen molar-refractivity contribution in [3.05, 3.63) is 30.0 Å². The van der Waals surface area contributed by atoms with E-state index in [0.29, 0.717) is 18.8 Å². The molecule has 0 aliphatic carbocycles. The summed E-state index contributed by atoms with van der Waals surface area (Å²) in [5.41, 5.74) is 7.59. The van der Waals surface area contributed by atoms with Crippen molar-refractivity contribution in [2.24, 2.45) is 0 Å². The quantitative estimate of drug-likeness (QED) is 0.877. The largest absolute Gasteiger partial charge is 0.497 e. The van der Waals surface area contributed by atoms with Gasteiger partial charge in [0.2, 0.25) is 0 Å². The third-order valence-corrected chi connectivity index (χ3v) is 2.68. The maximum atomic E-state index is 5.85. The minimum absolute atomic E-state index is 0.384. The maximum Gasteiger partial charge on any atom is 0.175 e. The molecule has 0 aliphatic heterocycles. The molecule has 0 unspecified atom stereocenters. The van der Waals surface area contributed by atoms with Crippen LogP contribution >= 0.6 is 0 Å². The Bertz CT molecular complexity index is 523. The lowest BCUT2D eigenvalue weighted by Crippen LogP contribution is -1.96. The molecule has 0 amide bonds. The first-order valence-electron chi connectivity index (χ1n) is 5.63. The Hall–Kier alpha value is -2.01. The number of rotatable bonds is 5. The van der Waals surface area contributed by atoms with Gasteiger partial charge in [0.25, 0.3) is 0 Å². The van der Waals surface area contributed by atoms with Crippen LogP contribution in [0.5, 0.6) is 5.75 Å². The van der Waals surface area contributed by atoms with Crippen LogP contribution in [0, 0.1) is 0 Å². The number of hydrogen-bond donors (Lipinski definition) is 1. The third-order valence-electron chi connectivity index (χ3n) is 2.68. The highest BCUT2D eigenvalue weighted by molar-refractivity contribution is 5.76. The molecule has 0 atom stereocenters. The summed E-state index contributed by atoms with van der Waals surface area (Å²) in [6.07, 6.45) is 0.632. The molecule has 5 heteroatoms. The Balaban J connectivity index is 2.38. The fraction of sp³-hybridized carbons (Fsp3) is 0.308. The number of benzene rings is 1. The van der Waals surface area contributed by atoms with Gasteiger partial charge in [-0.25, -0.2) is 0 Å². The summed E-state index contributed by atoms with van der Waals surface area (Å²) < 4.78 is 15.5. The van der Waals surface area contributed by atoms with Gasteiger partial charge >= 0.3 is 0 Å². The minimum Gasteiger partial charge on any atom is -0.497 e. The molecule has 2 rings (SSSR count). The van der Waals surface area contributed by atoms with E-state index >= 15 is 0 Å². The van der Waals surface area contributed by atoms with Crippen LogP contribution in [-0.2, 0) is 11.2 Å². The highest BCUT2D eigenvalue weighted by Gasteiger charge is 2.15. The fourth-order valence-electron chi connectivity index (χ4n) is 1.79. The SMILES string of the molecule is COCCc1onc(N)c1-c1cccc(OC)c1. The molecule has 18 heavy (non-hydrogen) atoms. The predicted molar refractivity (Wildman–Crippen MR) is 68.5 cm³/mol. The first-order chi connectivity index (χ1) is 8.76. The molecule has 0 saturated carbocycles. The van der Waals surface area contributed by atoms with Crippen LogP contribution in [0.4, 0.5) is 5.82 Å². The number of nitrogen functional groups attached to an aromatic ring is 1. The molecule has 1 aromatic heterocycles. The molecule has 0 spiro atoms. The summed E-state index contributed by atoms with van der Waals surface area (Å²) in [6.45, 7) is 0.561. The van der Waals surface area contributed by atoms with Gasteiger partial charge in [0.15, 0.2) is 5.82 Å². The van der Waals surface area contributed by atoms with Crippen LogP contribution in [0.1, 0.15) is 5.76 Å². The maximum absolute atomic E-state index is 5.85. The normalized spacial score (nSPS) is 10.6. The van der Waals surface area contributed by atoms with Crippen molar-refractivity contribution in [2.75, 3.05) is 26.6 Å². The second-order valence-electron chi connectivity index (χ2n) is 3.84. The first kappa shape index (κ1) is 12.4. The van der Waals surface area contributed by atoms with E-state index in [9.17, 15) is 0 Å². The molecule has 1 aromatic carbocycles. The van der Waals surface area contributed by atoms with E-state index in [1.807, 2.05) is 24.3 Å². The van der Waals surface area contributed by atoms with Gasteiger partial charge in [-0.15, -0.1) is 0 Å². The lowest BCUT2D eigenvalue weighted by molar-refractivity contribution is 0.193. The molecule has 2 N–H and O–H groups in total. The minimum atomic E-state index is 0.384. The summed E-state index contributed by atoms with van der Waals surface area (Å²) >= 11 is 0. The van der Waals surface area contributed by atoms with E-state index in [1.54, 1.807) is 14.2 Å². The summed E-state index contributed by atoms with van der Waals surface area (Å²) in [5.74, 6) is 1.88. The van der Waals surface area contributed by atoms with Gasteiger partial charge in [-0.05, 0) is 17.7 Å². The molecule has 2 aromatic rings. The van der Waals surface area contributed by atoms with E-state index in [4.69, 9.17) is 19.7 Å². The van der Waals surface area contributed by atoms with Gasteiger partial charge in [-0.1, -0.05) is 17.3 Å². The molecule has 0 aliphatic rings. The molecule has 96 valence electrons. The Morgan fingerprint density at radius 1 is 1.33 bits per heavy atom. The van der Waals surface area contributed by atoms with Crippen LogP contribution in [0.2, 0.25) is 0 Å². The number of ether oxygens (including phenoxy) is 2. The molecule has 0 radical (unpaired) electrons. The van der Waals surface area contributed by atoms with Crippen LogP contribution in [0.15, 0.2) is 28.8 Å². The second-order valence-corrected chi connectivity index (χ2v) is 3.84. The molecular formula is C13H16N2O3. The molecule has 0 saturated heterocycles. The summed E-state index contributed by atoms with van der Waals surface area (Å²) in [4.78, 5) is 0. The zero-order chi connectivity index (χ0) is 13.0. The molecular weight excluding hydrogens is 232 g/mol. The topological polar surface area (TPSA) is 70.5 Å². The van der Waals surface area contributed by atoms with Crippen molar-refractivity contribution < 1.29 is 14.0 Å². The van der Waals surface area contributed by atoms with E-state index in [2.05, 4.69) is 5.16 Å². The van der Waals surface area contributed by atoms with Crippen LogP contribution < -0.4 is 10.5 Å². The predicted octanol–water partition coefficient (Wildman–Crippen LogP) is 2.12. The number of hydrogen-bond acceptors (Lipinski definition) is 5. The van der Waals surface area contributed by atoms with Gasteiger partial charge in [0.05, 0.1) is 19.3 Å². The number of nitrogens with zero attached hydrogens (tertiary/aromatic N) is 1. The van der Waals surface area contributed by atoms with E-state index in [-0.39, 0.29) is 0 Å². The van der Waals surface area contributed by atoms with E-state index in [1.165, 1.54) is 0 Å². The summed E-state index contributed by atoms with van der Waals surface area (Å²) in [5, 5.41) is 3.81. The van der Waals surface area contributed by atoms with Gasteiger partial charge < -0.3 is 19.7 Å². The van der Waals surface area contributed by atoms with E-state index < -0.39 is 0 Å². The smallest absolute Gasteiger partial charge is 0.175 e. The number of anilines is 1. The first-order valence-corrected chi connectivity index (χ1v) is 5.63. The monoisotopic (exact) mass is 248 g/mol. The van der Waals surface area contributed by atoms with Crippen molar-refractivity contribution >= 4 is 5.82 Å². The summed E-state index contributed by atoms with van der Waals surface area (Å²) in [6, 6.07) is 7.63. The number of aromatic nitrogens is 1. The lowest BCUT2D eigenvalue weighted by Gasteiger charge is -2.05. The number of nitrogens with two attached hydrogens (primary N) is 1. The summed E-state index contributed by atoms with van der Waals surface area (Å²) in [7, 11) is 3.27. The van der Waals surface area contributed by atoms with Crippen molar-refractivity contribution in [3.8, 4) is 16.9 Å². The Labute approximate surface area is 105 Å². The van der Waals surface area contributed by atoms with Crippen LogP contribution in [-0.4, -0.2) is 26.0 Å². The average molecular weight is 248 g/mol. The van der Waals surface area contributed by atoms with Crippen LogP contribution in [0.3, 0.4) is 0 Å². The fourth-order valence-corrected chi connectivity index (χ4v) is 1.79. The highest BCUT2D eigenvalue weighted by atomic mass is 16.5. The highest BCUT2D eigenvalue weighted by Crippen LogP contribution is 2.31. The lowest BCUT2D eigenvalue weighted by atomic mass is 10.0. The zero-order valence-corrected chi connectivity index (χ0v) is 10.5. The Kier molecular flexibility index (Phi) is 3.84. The Morgan fingerprint density at radius 3 is 2.89 bits per heavy atom. The third kappa shape index (κ3) is 2.46. The van der Waals surface area contributed by atoms with Gasteiger partial charge in [-0.3, -0.25) is 0 Å². The Morgan fingerprint density at radius 2 is 2.17 bits per heavy atom. The van der Waals surface area contributed by atoms with Gasteiger partial charge in [0.1, 0.15) is 11.5 Å². The van der Waals surface area contributed by atoms with Gasteiger partial charge in [0, 0.05) is 13.5 Å². The molecule has 5 nitrogen and oxygen atoms in total. The van der Waals surface area contributed by atoms with Crippen molar-refractivity contribution in [1.29, 1.82) is 0 Å². The number of methoxy groups -OCH3 is 2. The van der Waals surface area contributed by atoms with Crippen molar-refractivity contribution in [3.63, 3.8) is 0 Å². The van der Waals surface area contributed by atoms with Gasteiger partial charge in [-0.2, -0.15) is 0 Å². The molecule has 0 bridgehead atoms. The molecule has 1 heterocycles. The second kappa shape index (κ2) is 5.55.